The van der Waals surface area contributed by atoms with Crippen LogP contribution in [0, 0.1) is 11.3 Å². The summed E-state index contributed by atoms with van der Waals surface area (Å²) in [6, 6.07) is 9.85. The van der Waals surface area contributed by atoms with E-state index in [1.165, 1.54) is 0 Å². The lowest BCUT2D eigenvalue weighted by Gasteiger charge is -2.39. The highest BCUT2D eigenvalue weighted by atomic mass is 28.4. The van der Waals surface area contributed by atoms with E-state index in [9.17, 15) is 0 Å². The smallest absolute Gasteiger partial charge is 0.192 e. The lowest BCUT2D eigenvalue weighted by Crippen LogP contribution is -2.41. The van der Waals surface area contributed by atoms with E-state index in [1.54, 1.807) is 0 Å². The van der Waals surface area contributed by atoms with Crippen LogP contribution < -0.4 is 5.73 Å². The quantitative estimate of drug-likeness (QED) is 0.660. The first-order valence-corrected chi connectivity index (χ1v) is 9.48. The summed E-state index contributed by atoms with van der Waals surface area (Å²) in [4.78, 5) is 0. The van der Waals surface area contributed by atoms with Crippen LogP contribution in [0.4, 0.5) is 5.69 Å². The topological polar surface area (TPSA) is 59.0 Å². The molecule has 0 saturated carbocycles. The summed E-state index contributed by atoms with van der Waals surface area (Å²) < 4.78 is 6.34. The molecule has 0 amide bonds. The van der Waals surface area contributed by atoms with Gasteiger partial charge in [0, 0.05) is 5.69 Å². The molecule has 0 spiro atoms. The Morgan fingerprint density at radius 2 is 2.00 bits per heavy atom. The number of nitriles is 1. The molecule has 1 aromatic carbocycles. The van der Waals surface area contributed by atoms with Crippen molar-refractivity contribution in [3.63, 3.8) is 0 Å². The first kappa shape index (κ1) is 15.7. The van der Waals surface area contributed by atoms with Crippen molar-refractivity contribution >= 4 is 14.0 Å². The molecule has 0 heterocycles. The molecule has 3 nitrogen and oxygen atoms in total. The van der Waals surface area contributed by atoms with Gasteiger partial charge in [0.2, 0.25) is 0 Å². The fraction of sp³-hybridized carbons (Fsp3) is 0.533. The molecule has 1 atom stereocenters. The average molecular weight is 276 g/mol. The molecule has 1 unspecified atom stereocenters. The van der Waals surface area contributed by atoms with Crippen molar-refractivity contribution in [2.45, 2.75) is 51.4 Å². The second kappa shape index (κ2) is 5.77. The summed E-state index contributed by atoms with van der Waals surface area (Å²) >= 11 is 0. The maximum Gasteiger partial charge on any atom is 0.192 e. The molecular weight excluding hydrogens is 252 g/mol. The van der Waals surface area contributed by atoms with Gasteiger partial charge in [-0.25, -0.2) is 0 Å². The van der Waals surface area contributed by atoms with Gasteiger partial charge in [-0.1, -0.05) is 32.9 Å². The number of benzene rings is 1. The van der Waals surface area contributed by atoms with Crippen molar-refractivity contribution in [1.82, 2.24) is 0 Å². The van der Waals surface area contributed by atoms with Gasteiger partial charge in [0.1, 0.15) is 0 Å². The monoisotopic (exact) mass is 276 g/mol. The van der Waals surface area contributed by atoms with Crippen LogP contribution >= 0.6 is 0 Å². The van der Waals surface area contributed by atoms with Crippen LogP contribution in [0.1, 0.15) is 38.9 Å². The zero-order valence-electron chi connectivity index (χ0n) is 12.5. The zero-order chi connectivity index (χ0) is 14.7. The Morgan fingerprint density at radius 1 is 1.37 bits per heavy atom. The molecule has 1 aromatic rings. The van der Waals surface area contributed by atoms with Gasteiger partial charge < -0.3 is 10.2 Å². The van der Waals surface area contributed by atoms with Crippen LogP contribution in [0.2, 0.25) is 18.1 Å². The summed E-state index contributed by atoms with van der Waals surface area (Å²) in [5.41, 5.74) is 7.51. The Labute approximate surface area is 117 Å². The molecular formula is C15H24N2OSi. The maximum atomic E-state index is 9.02. The third-order valence-corrected chi connectivity index (χ3v) is 8.29. The van der Waals surface area contributed by atoms with Crippen molar-refractivity contribution in [3.8, 4) is 6.07 Å². The first-order valence-electron chi connectivity index (χ1n) is 6.57. The maximum absolute atomic E-state index is 9.02. The number of hydrogen-bond donors (Lipinski definition) is 1. The van der Waals surface area contributed by atoms with Crippen molar-refractivity contribution in [2.24, 2.45) is 0 Å². The van der Waals surface area contributed by atoms with Gasteiger partial charge in [0.25, 0.3) is 0 Å². The molecule has 4 heteroatoms. The lowest BCUT2D eigenvalue weighted by molar-refractivity contribution is 0.188. The number of nitrogen functional groups attached to an aromatic ring is 1. The van der Waals surface area contributed by atoms with Crippen molar-refractivity contribution < 1.29 is 4.43 Å². The predicted molar refractivity (Wildman–Crippen MR) is 82.1 cm³/mol. The molecule has 0 aliphatic rings. The van der Waals surface area contributed by atoms with E-state index in [-0.39, 0.29) is 11.1 Å². The number of hydrogen-bond acceptors (Lipinski definition) is 3. The van der Waals surface area contributed by atoms with Gasteiger partial charge in [0.05, 0.1) is 18.6 Å². The molecule has 19 heavy (non-hydrogen) atoms. The van der Waals surface area contributed by atoms with E-state index in [0.717, 1.165) is 5.56 Å². The van der Waals surface area contributed by atoms with E-state index < -0.39 is 8.32 Å². The Morgan fingerprint density at radius 3 is 2.47 bits per heavy atom. The zero-order valence-corrected chi connectivity index (χ0v) is 13.5. The van der Waals surface area contributed by atoms with Gasteiger partial charge in [0.15, 0.2) is 8.32 Å². The van der Waals surface area contributed by atoms with E-state index in [4.69, 9.17) is 15.4 Å². The average Bonchev–Trinajstić information content (AvgIpc) is 2.26. The van der Waals surface area contributed by atoms with Gasteiger partial charge in [-0.2, -0.15) is 5.26 Å². The second-order valence-corrected chi connectivity index (χ2v) is 11.2. The molecule has 0 fully saturated rings. The van der Waals surface area contributed by atoms with E-state index >= 15 is 0 Å². The Kier molecular flexibility index (Phi) is 4.78. The number of anilines is 1. The molecule has 1 rings (SSSR count). The molecule has 0 aliphatic heterocycles. The van der Waals surface area contributed by atoms with E-state index in [0.29, 0.717) is 12.1 Å². The molecule has 0 radical (unpaired) electrons. The standard InChI is InChI=1S/C15H24N2OSi/c1-15(2,3)19(4,5)18-14(9-10-16)12-7-6-8-13(17)11-12/h6-8,11,14H,9,17H2,1-5H3. The third-order valence-electron chi connectivity index (χ3n) is 3.80. The Bertz CT molecular complexity index is 472. The van der Waals surface area contributed by atoms with Crippen molar-refractivity contribution in [1.29, 1.82) is 5.26 Å². The first-order chi connectivity index (χ1) is 8.67. The molecule has 0 saturated heterocycles. The highest BCUT2D eigenvalue weighted by Gasteiger charge is 2.39. The minimum absolute atomic E-state index is 0.126. The minimum Gasteiger partial charge on any atom is -0.409 e. The van der Waals surface area contributed by atoms with E-state index in [2.05, 4.69) is 39.9 Å². The Hall–Kier alpha value is -1.31. The number of nitrogens with zero attached hydrogens (tertiary/aromatic N) is 1. The summed E-state index contributed by atoms with van der Waals surface area (Å²) in [7, 11) is -1.90. The summed E-state index contributed by atoms with van der Waals surface area (Å²) in [6.45, 7) is 11.0. The number of rotatable bonds is 4. The van der Waals surface area contributed by atoms with Crippen LogP contribution in [0.15, 0.2) is 24.3 Å². The second-order valence-electron chi connectivity index (χ2n) is 6.40. The predicted octanol–water partition coefficient (Wildman–Crippen LogP) is 4.25. The number of nitrogens with two attached hydrogens (primary N) is 1. The lowest BCUT2D eigenvalue weighted by atomic mass is 10.1. The highest BCUT2D eigenvalue weighted by molar-refractivity contribution is 6.74. The van der Waals surface area contributed by atoms with Crippen LogP contribution in [0.5, 0.6) is 0 Å². The third kappa shape index (κ3) is 4.08. The van der Waals surface area contributed by atoms with Gasteiger partial charge >= 0.3 is 0 Å². The fourth-order valence-electron chi connectivity index (χ4n) is 1.60. The molecule has 0 aromatic heterocycles. The molecule has 104 valence electrons. The van der Waals surface area contributed by atoms with Crippen molar-refractivity contribution in [3.05, 3.63) is 29.8 Å². The summed E-state index contributed by atoms with van der Waals surface area (Å²) in [5.74, 6) is 0. The van der Waals surface area contributed by atoms with Crippen LogP contribution in [-0.4, -0.2) is 8.32 Å². The van der Waals surface area contributed by atoms with Crippen LogP contribution in [0.3, 0.4) is 0 Å². The normalized spacial score (nSPS) is 13.9. The highest BCUT2D eigenvalue weighted by Crippen LogP contribution is 2.40. The van der Waals surface area contributed by atoms with Gasteiger partial charge in [-0.3, -0.25) is 0 Å². The van der Waals surface area contributed by atoms with Crippen LogP contribution in [-0.2, 0) is 4.43 Å². The molecule has 0 bridgehead atoms. The molecule has 0 aliphatic carbocycles. The summed E-state index contributed by atoms with van der Waals surface area (Å²) in [6.07, 6.45) is 0.171. The fourth-order valence-corrected chi connectivity index (χ4v) is 2.89. The summed E-state index contributed by atoms with van der Waals surface area (Å²) in [5, 5.41) is 9.15. The SMILES string of the molecule is CC(C)(C)[Si](C)(C)OC(CC#N)c1cccc(N)c1. The van der Waals surface area contributed by atoms with E-state index in [1.807, 2.05) is 24.3 Å². The van der Waals surface area contributed by atoms with Crippen LogP contribution in [0.25, 0.3) is 0 Å². The van der Waals surface area contributed by atoms with Crippen molar-refractivity contribution in [2.75, 3.05) is 5.73 Å². The van der Waals surface area contributed by atoms with Gasteiger partial charge in [-0.05, 0) is 35.8 Å². The molecule has 2 N–H and O–H groups in total. The Balaban J connectivity index is 3.01. The minimum atomic E-state index is -1.90. The van der Waals surface area contributed by atoms with Gasteiger partial charge in [-0.15, -0.1) is 0 Å². The largest absolute Gasteiger partial charge is 0.409 e.